The van der Waals surface area contributed by atoms with Gasteiger partial charge in [-0.1, -0.05) is 18.9 Å². The number of anilines is 1. The zero-order valence-electron chi connectivity index (χ0n) is 17.8. The van der Waals surface area contributed by atoms with Crippen LogP contribution in [-0.4, -0.2) is 51.4 Å². The maximum absolute atomic E-state index is 13.2. The molecule has 0 saturated carbocycles. The number of nitrogens with one attached hydrogen (secondary N) is 1. The molecule has 1 amide bonds. The van der Waals surface area contributed by atoms with Crippen molar-refractivity contribution in [2.75, 3.05) is 24.8 Å². The normalized spacial score (nSPS) is 17.8. The molecule has 166 valence electrons. The van der Waals surface area contributed by atoms with Gasteiger partial charge in [0.25, 0.3) is 0 Å². The number of rotatable bonds is 6. The van der Waals surface area contributed by atoms with E-state index in [0.717, 1.165) is 61.5 Å². The number of hydrogen-bond donors (Lipinski definition) is 1. The molecule has 2 aliphatic heterocycles. The number of ether oxygens (including phenoxy) is 2. The molecule has 0 radical (unpaired) electrons. The Morgan fingerprint density at radius 1 is 1.12 bits per heavy atom. The molecule has 32 heavy (non-hydrogen) atoms. The van der Waals surface area contributed by atoms with Crippen molar-refractivity contribution in [2.24, 2.45) is 0 Å². The number of aromatic nitrogens is 4. The predicted octanol–water partition coefficient (Wildman–Crippen LogP) is 2.50. The molecule has 1 fully saturated rings. The minimum atomic E-state index is -0.250. The van der Waals surface area contributed by atoms with Crippen molar-refractivity contribution in [1.82, 2.24) is 24.8 Å². The second-order valence-corrected chi connectivity index (χ2v) is 7.97. The van der Waals surface area contributed by atoms with Gasteiger partial charge in [-0.15, -0.1) is 0 Å². The molecule has 2 aromatic heterocycles. The Balaban J connectivity index is 1.26. The lowest BCUT2D eigenvalue weighted by Crippen LogP contribution is -2.47. The topological polar surface area (TPSA) is 94.4 Å². The number of nitrogens with zero attached hydrogens (tertiary/aromatic N) is 5. The Bertz CT molecular complexity index is 1070. The van der Waals surface area contributed by atoms with E-state index >= 15 is 0 Å². The van der Waals surface area contributed by atoms with E-state index in [-0.39, 0.29) is 18.7 Å². The van der Waals surface area contributed by atoms with Gasteiger partial charge in [-0.3, -0.25) is 9.36 Å². The van der Waals surface area contributed by atoms with Gasteiger partial charge in [0.2, 0.25) is 18.6 Å². The maximum Gasteiger partial charge on any atom is 0.242 e. The number of carbonyl (C=O) groups excluding carboxylic acids is 1. The summed E-state index contributed by atoms with van der Waals surface area (Å²) >= 11 is 0. The minimum absolute atomic E-state index is 0.0374. The van der Waals surface area contributed by atoms with Crippen LogP contribution in [0.15, 0.2) is 49.2 Å². The molecule has 4 heterocycles. The van der Waals surface area contributed by atoms with Gasteiger partial charge in [-0.05, 0) is 43.0 Å². The summed E-state index contributed by atoms with van der Waals surface area (Å²) in [5.41, 5.74) is 1.10. The largest absolute Gasteiger partial charge is 0.454 e. The van der Waals surface area contributed by atoms with E-state index in [4.69, 9.17) is 14.5 Å². The molecule has 9 nitrogen and oxygen atoms in total. The lowest BCUT2D eigenvalue weighted by atomic mass is 10.1. The molecule has 1 saturated heterocycles. The van der Waals surface area contributed by atoms with Crippen LogP contribution < -0.4 is 19.7 Å². The van der Waals surface area contributed by atoms with E-state index in [9.17, 15) is 4.79 Å². The van der Waals surface area contributed by atoms with Crippen molar-refractivity contribution in [3.05, 3.63) is 54.7 Å². The number of imidazole rings is 1. The summed E-state index contributed by atoms with van der Waals surface area (Å²) in [4.78, 5) is 28.4. The second kappa shape index (κ2) is 9.25. The third-order valence-electron chi connectivity index (χ3n) is 5.86. The van der Waals surface area contributed by atoms with Gasteiger partial charge in [0, 0.05) is 31.7 Å². The van der Waals surface area contributed by atoms with E-state index in [1.165, 1.54) is 0 Å². The van der Waals surface area contributed by atoms with Crippen LogP contribution in [0.2, 0.25) is 0 Å². The predicted molar refractivity (Wildman–Crippen MR) is 118 cm³/mol. The van der Waals surface area contributed by atoms with Crippen LogP contribution in [0.1, 0.15) is 31.2 Å². The Kier molecular flexibility index (Phi) is 5.87. The second-order valence-electron chi connectivity index (χ2n) is 7.97. The Morgan fingerprint density at radius 3 is 2.97 bits per heavy atom. The molecule has 2 aliphatic rings. The quantitative estimate of drug-likeness (QED) is 0.637. The third kappa shape index (κ3) is 4.37. The van der Waals surface area contributed by atoms with Crippen LogP contribution in [0.3, 0.4) is 0 Å². The van der Waals surface area contributed by atoms with Gasteiger partial charge in [-0.2, -0.15) is 4.98 Å². The Hall–Kier alpha value is -3.62. The number of benzene rings is 1. The molecular weight excluding hydrogens is 408 g/mol. The first-order chi connectivity index (χ1) is 15.8. The SMILES string of the molecule is O=C(NCCc1ccc2c(c1)OCO2)C1CCCCCN1c1ccnc(-n2ccnc2)n1. The molecule has 1 aromatic carbocycles. The average molecular weight is 435 g/mol. The Morgan fingerprint density at radius 2 is 2.06 bits per heavy atom. The molecule has 0 aliphatic carbocycles. The average Bonchev–Trinajstić information content (AvgIpc) is 3.46. The van der Waals surface area contributed by atoms with E-state index in [0.29, 0.717) is 12.5 Å². The van der Waals surface area contributed by atoms with Gasteiger partial charge in [0.1, 0.15) is 18.2 Å². The van der Waals surface area contributed by atoms with Crippen molar-refractivity contribution in [3.63, 3.8) is 0 Å². The van der Waals surface area contributed by atoms with Crippen molar-refractivity contribution >= 4 is 11.7 Å². The standard InChI is InChI=1S/C23H26N6O3/c30-22(25-9-7-17-5-6-19-20(14-17)32-16-31-19)18-4-2-1-3-12-29(18)21-8-10-26-23(27-21)28-13-11-24-15-28/h5-6,8,10-11,13-15,18H,1-4,7,9,12,16H2,(H,25,30). The number of hydrogen-bond acceptors (Lipinski definition) is 7. The fourth-order valence-electron chi connectivity index (χ4n) is 4.20. The fourth-order valence-corrected chi connectivity index (χ4v) is 4.20. The van der Waals surface area contributed by atoms with Gasteiger partial charge >= 0.3 is 0 Å². The first kappa shape index (κ1) is 20.3. The first-order valence-electron chi connectivity index (χ1n) is 11.0. The fraction of sp³-hybridized carbons (Fsp3) is 0.391. The highest BCUT2D eigenvalue weighted by Crippen LogP contribution is 2.32. The van der Waals surface area contributed by atoms with Crippen LogP contribution in [0, 0.1) is 0 Å². The van der Waals surface area contributed by atoms with Crippen LogP contribution in [0.5, 0.6) is 11.5 Å². The van der Waals surface area contributed by atoms with Crippen LogP contribution in [0.4, 0.5) is 5.82 Å². The van der Waals surface area contributed by atoms with Gasteiger partial charge in [0.05, 0.1) is 0 Å². The number of carbonyl (C=O) groups is 1. The summed E-state index contributed by atoms with van der Waals surface area (Å²) in [6.07, 6.45) is 11.6. The molecule has 5 rings (SSSR count). The zero-order chi connectivity index (χ0) is 21.8. The monoisotopic (exact) mass is 434 g/mol. The van der Waals surface area contributed by atoms with E-state index in [1.807, 2.05) is 30.5 Å². The van der Waals surface area contributed by atoms with E-state index in [2.05, 4.69) is 20.2 Å². The zero-order valence-corrected chi connectivity index (χ0v) is 17.8. The summed E-state index contributed by atoms with van der Waals surface area (Å²) in [5.74, 6) is 2.89. The summed E-state index contributed by atoms with van der Waals surface area (Å²) in [7, 11) is 0. The van der Waals surface area contributed by atoms with Gasteiger partial charge in [0.15, 0.2) is 11.5 Å². The lowest BCUT2D eigenvalue weighted by Gasteiger charge is -2.30. The molecule has 1 atom stereocenters. The highest BCUT2D eigenvalue weighted by molar-refractivity contribution is 5.85. The highest BCUT2D eigenvalue weighted by atomic mass is 16.7. The summed E-state index contributed by atoms with van der Waals surface area (Å²) in [5, 5.41) is 3.13. The summed E-state index contributed by atoms with van der Waals surface area (Å²) in [6, 6.07) is 7.53. The van der Waals surface area contributed by atoms with Crippen LogP contribution >= 0.6 is 0 Å². The molecule has 1 N–H and O–H groups in total. The number of fused-ring (bicyclic) bond motifs is 1. The van der Waals surface area contributed by atoms with Crippen molar-refractivity contribution in [2.45, 2.75) is 38.1 Å². The lowest BCUT2D eigenvalue weighted by molar-refractivity contribution is -0.122. The molecule has 3 aromatic rings. The molecule has 0 bridgehead atoms. The van der Waals surface area contributed by atoms with Gasteiger partial charge in [-0.25, -0.2) is 9.97 Å². The van der Waals surface area contributed by atoms with E-state index in [1.54, 1.807) is 23.3 Å². The van der Waals surface area contributed by atoms with Crippen LogP contribution in [-0.2, 0) is 11.2 Å². The smallest absolute Gasteiger partial charge is 0.242 e. The van der Waals surface area contributed by atoms with Crippen LogP contribution in [0.25, 0.3) is 5.95 Å². The van der Waals surface area contributed by atoms with Gasteiger partial charge < -0.3 is 19.7 Å². The Labute approximate surface area is 186 Å². The molecular formula is C23H26N6O3. The minimum Gasteiger partial charge on any atom is -0.454 e. The first-order valence-corrected chi connectivity index (χ1v) is 11.0. The summed E-state index contributed by atoms with van der Waals surface area (Å²) in [6.45, 7) is 1.62. The molecule has 9 heteroatoms. The highest BCUT2D eigenvalue weighted by Gasteiger charge is 2.28. The maximum atomic E-state index is 13.2. The van der Waals surface area contributed by atoms with Crippen molar-refractivity contribution in [3.8, 4) is 17.4 Å². The molecule has 1 unspecified atom stereocenters. The number of amides is 1. The third-order valence-corrected chi connectivity index (χ3v) is 5.86. The summed E-state index contributed by atoms with van der Waals surface area (Å²) < 4.78 is 12.6. The van der Waals surface area contributed by atoms with Crippen molar-refractivity contribution < 1.29 is 14.3 Å². The molecule has 0 spiro atoms. The van der Waals surface area contributed by atoms with E-state index < -0.39 is 0 Å². The van der Waals surface area contributed by atoms with Crippen molar-refractivity contribution in [1.29, 1.82) is 0 Å².